The fourth-order valence-corrected chi connectivity index (χ4v) is 2.44. The molecule has 2 heteroatoms. The fourth-order valence-electron chi connectivity index (χ4n) is 2.44. The molecule has 0 bridgehead atoms. The predicted molar refractivity (Wildman–Crippen MR) is 65.4 cm³/mol. The van der Waals surface area contributed by atoms with Gasteiger partial charge in [0.05, 0.1) is 0 Å². The van der Waals surface area contributed by atoms with Crippen LogP contribution >= 0.6 is 0 Å². The maximum absolute atomic E-state index is 12.3. The van der Waals surface area contributed by atoms with Crippen molar-refractivity contribution in [2.24, 2.45) is 0 Å². The zero-order valence-electron chi connectivity index (χ0n) is 9.86. The first-order chi connectivity index (χ1) is 7.83. The van der Waals surface area contributed by atoms with Gasteiger partial charge in [-0.1, -0.05) is 25.1 Å². The summed E-state index contributed by atoms with van der Waals surface area (Å²) in [6.45, 7) is 3.09. The first kappa shape index (κ1) is 11.2. The normalized spacial score (nSPS) is 20.8. The Balaban J connectivity index is 2.14. The summed E-state index contributed by atoms with van der Waals surface area (Å²) >= 11 is 0. The van der Waals surface area contributed by atoms with Crippen molar-refractivity contribution in [1.29, 1.82) is 0 Å². The second-order valence-corrected chi connectivity index (χ2v) is 4.42. The van der Waals surface area contributed by atoms with E-state index in [9.17, 15) is 4.79 Å². The lowest BCUT2D eigenvalue weighted by Crippen LogP contribution is -2.43. The topological polar surface area (TPSA) is 20.3 Å². The molecule has 2 rings (SSSR count). The number of carbonyl (C=O) groups excluding carboxylic acids is 1. The third-order valence-corrected chi connectivity index (χ3v) is 3.38. The van der Waals surface area contributed by atoms with Crippen LogP contribution in [0, 0.1) is 0 Å². The van der Waals surface area contributed by atoms with E-state index in [-0.39, 0.29) is 5.91 Å². The molecule has 0 radical (unpaired) electrons. The molecule has 1 aromatic carbocycles. The van der Waals surface area contributed by atoms with E-state index in [1.54, 1.807) is 0 Å². The van der Waals surface area contributed by atoms with Gasteiger partial charge in [-0.15, -0.1) is 0 Å². The molecule has 1 aliphatic heterocycles. The van der Waals surface area contributed by atoms with Crippen molar-refractivity contribution in [2.75, 3.05) is 6.54 Å². The largest absolute Gasteiger partial charge is 0.336 e. The molecule has 1 heterocycles. The maximum Gasteiger partial charge on any atom is 0.254 e. The summed E-state index contributed by atoms with van der Waals surface area (Å²) in [6, 6.07) is 10.1. The van der Waals surface area contributed by atoms with Gasteiger partial charge in [0.1, 0.15) is 0 Å². The third kappa shape index (κ3) is 2.26. The second kappa shape index (κ2) is 5.15. The molecule has 0 aromatic heterocycles. The highest BCUT2D eigenvalue weighted by atomic mass is 16.2. The lowest BCUT2D eigenvalue weighted by molar-refractivity contribution is 0.0608. The van der Waals surface area contributed by atoms with Crippen LogP contribution in [-0.4, -0.2) is 23.4 Å². The van der Waals surface area contributed by atoms with Gasteiger partial charge in [0, 0.05) is 18.2 Å². The van der Waals surface area contributed by atoms with Crippen LogP contribution in [0.2, 0.25) is 0 Å². The third-order valence-electron chi connectivity index (χ3n) is 3.38. The summed E-state index contributed by atoms with van der Waals surface area (Å²) in [4.78, 5) is 14.3. The van der Waals surface area contributed by atoms with Crippen LogP contribution in [-0.2, 0) is 0 Å². The van der Waals surface area contributed by atoms with Crippen LogP contribution in [0.25, 0.3) is 0 Å². The van der Waals surface area contributed by atoms with Gasteiger partial charge in [0.25, 0.3) is 5.91 Å². The second-order valence-electron chi connectivity index (χ2n) is 4.42. The highest BCUT2D eigenvalue weighted by molar-refractivity contribution is 5.94. The Kier molecular flexibility index (Phi) is 3.60. The predicted octanol–water partition coefficient (Wildman–Crippen LogP) is 3.09. The van der Waals surface area contributed by atoms with Crippen LogP contribution in [0.1, 0.15) is 43.0 Å². The number of carbonyl (C=O) groups is 1. The van der Waals surface area contributed by atoms with Crippen LogP contribution in [0.15, 0.2) is 30.3 Å². The minimum absolute atomic E-state index is 0.201. The molecule has 1 atom stereocenters. The number of hydrogen-bond donors (Lipinski definition) is 0. The Morgan fingerprint density at radius 1 is 1.31 bits per heavy atom. The Morgan fingerprint density at radius 3 is 2.75 bits per heavy atom. The summed E-state index contributed by atoms with van der Waals surface area (Å²) in [5, 5.41) is 0. The Hall–Kier alpha value is -1.31. The average molecular weight is 217 g/mol. The molecule has 1 saturated heterocycles. The number of likely N-dealkylation sites (tertiary alicyclic amines) is 1. The van der Waals surface area contributed by atoms with Crippen molar-refractivity contribution in [3.8, 4) is 0 Å². The number of benzene rings is 1. The molecule has 0 unspecified atom stereocenters. The van der Waals surface area contributed by atoms with E-state index >= 15 is 0 Å². The van der Waals surface area contributed by atoms with Gasteiger partial charge in [-0.2, -0.15) is 0 Å². The van der Waals surface area contributed by atoms with E-state index in [0.717, 1.165) is 31.4 Å². The Labute approximate surface area is 97.3 Å². The summed E-state index contributed by atoms with van der Waals surface area (Å²) in [7, 11) is 0. The van der Waals surface area contributed by atoms with Gasteiger partial charge in [-0.05, 0) is 37.8 Å². The summed E-state index contributed by atoms with van der Waals surface area (Å²) in [5.74, 6) is 0.201. The number of rotatable bonds is 2. The molecular weight excluding hydrogens is 198 g/mol. The van der Waals surface area contributed by atoms with Crippen molar-refractivity contribution in [1.82, 2.24) is 4.90 Å². The van der Waals surface area contributed by atoms with E-state index in [2.05, 4.69) is 11.8 Å². The SMILES string of the molecule is CC[C@@H]1CCCCN1C(=O)c1ccccc1. The van der Waals surface area contributed by atoms with Crippen LogP contribution in [0.3, 0.4) is 0 Å². The molecule has 1 aliphatic rings. The van der Waals surface area contributed by atoms with Gasteiger partial charge >= 0.3 is 0 Å². The monoisotopic (exact) mass is 217 g/mol. The molecule has 0 saturated carbocycles. The minimum Gasteiger partial charge on any atom is -0.336 e. The minimum atomic E-state index is 0.201. The zero-order chi connectivity index (χ0) is 11.4. The maximum atomic E-state index is 12.3. The summed E-state index contributed by atoms with van der Waals surface area (Å²) in [6.07, 6.45) is 4.64. The number of hydrogen-bond acceptors (Lipinski definition) is 1. The molecule has 16 heavy (non-hydrogen) atoms. The molecule has 1 aromatic rings. The van der Waals surface area contributed by atoms with E-state index in [0.29, 0.717) is 6.04 Å². The van der Waals surface area contributed by atoms with Gasteiger partial charge < -0.3 is 4.90 Å². The zero-order valence-corrected chi connectivity index (χ0v) is 9.86. The van der Waals surface area contributed by atoms with E-state index in [4.69, 9.17) is 0 Å². The molecule has 0 spiro atoms. The molecular formula is C14H19NO. The van der Waals surface area contributed by atoms with Crippen molar-refractivity contribution in [3.05, 3.63) is 35.9 Å². The van der Waals surface area contributed by atoms with Gasteiger partial charge in [-0.25, -0.2) is 0 Å². The van der Waals surface area contributed by atoms with Crippen molar-refractivity contribution >= 4 is 5.91 Å². The van der Waals surface area contributed by atoms with Crippen molar-refractivity contribution in [3.63, 3.8) is 0 Å². The van der Waals surface area contributed by atoms with Crippen molar-refractivity contribution in [2.45, 2.75) is 38.6 Å². The molecule has 1 fully saturated rings. The van der Waals surface area contributed by atoms with Gasteiger partial charge in [0.15, 0.2) is 0 Å². The fraction of sp³-hybridized carbons (Fsp3) is 0.500. The van der Waals surface area contributed by atoms with E-state index in [1.807, 2.05) is 30.3 Å². The summed E-state index contributed by atoms with van der Waals surface area (Å²) in [5.41, 5.74) is 0.822. The number of amides is 1. The Bertz CT molecular complexity index is 347. The smallest absolute Gasteiger partial charge is 0.254 e. The highest BCUT2D eigenvalue weighted by Crippen LogP contribution is 2.21. The molecule has 0 N–H and O–H groups in total. The van der Waals surface area contributed by atoms with Crippen LogP contribution < -0.4 is 0 Å². The lowest BCUT2D eigenvalue weighted by atomic mass is 9.99. The first-order valence-electron chi connectivity index (χ1n) is 6.19. The number of piperidine rings is 1. The molecule has 1 amide bonds. The molecule has 86 valence electrons. The first-order valence-corrected chi connectivity index (χ1v) is 6.19. The quantitative estimate of drug-likeness (QED) is 0.745. The molecule has 0 aliphatic carbocycles. The summed E-state index contributed by atoms with van der Waals surface area (Å²) < 4.78 is 0. The van der Waals surface area contributed by atoms with Crippen LogP contribution in [0.5, 0.6) is 0 Å². The standard InChI is InChI=1S/C14H19NO/c1-2-13-10-6-7-11-15(13)14(16)12-8-4-3-5-9-12/h3-5,8-9,13H,2,6-7,10-11H2,1H3/t13-/m1/s1. The van der Waals surface area contributed by atoms with Gasteiger partial charge in [-0.3, -0.25) is 4.79 Å². The average Bonchev–Trinajstić information content (AvgIpc) is 2.39. The molecule has 2 nitrogen and oxygen atoms in total. The highest BCUT2D eigenvalue weighted by Gasteiger charge is 2.25. The van der Waals surface area contributed by atoms with Crippen LogP contribution in [0.4, 0.5) is 0 Å². The van der Waals surface area contributed by atoms with E-state index < -0.39 is 0 Å². The lowest BCUT2D eigenvalue weighted by Gasteiger charge is -2.35. The number of nitrogens with zero attached hydrogens (tertiary/aromatic N) is 1. The van der Waals surface area contributed by atoms with Gasteiger partial charge in [0.2, 0.25) is 0 Å². The Morgan fingerprint density at radius 2 is 2.06 bits per heavy atom. The van der Waals surface area contributed by atoms with Crippen molar-refractivity contribution < 1.29 is 4.79 Å². The van der Waals surface area contributed by atoms with E-state index in [1.165, 1.54) is 6.42 Å².